The molecule has 3 heterocycles. The summed E-state index contributed by atoms with van der Waals surface area (Å²) in [6.07, 6.45) is -37.6. The predicted molar refractivity (Wildman–Crippen MR) is 91.8 cm³/mol. The minimum absolute atomic E-state index is 0.598. The summed E-state index contributed by atoms with van der Waals surface area (Å²) in [5, 5.41) is 8.17. The first-order valence-electron chi connectivity index (χ1n) is 9.55. The molecular weight excluding hydrogens is 617 g/mol. The van der Waals surface area contributed by atoms with Crippen LogP contribution in [0.3, 0.4) is 0 Å². The Kier molecular flexibility index (Phi) is 6.95. The Morgan fingerprint density at radius 3 is 0.700 bits per heavy atom. The first kappa shape index (κ1) is 31.0. The van der Waals surface area contributed by atoms with Gasteiger partial charge in [0, 0.05) is 0 Å². The predicted octanol–water partition coefficient (Wildman–Crippen LogP) is 4.22. The fraction of sp³-hybridized carbons (Fsp3) is 0.400. The summed E-state index contributed by atoms with van der Waals surface area (Å²) in [4.78, 5) is 0. The Hall–Kier alpha value is -3.57. The van der Waals surface area contributed by atoms with Crippen molar-refractivity contribution < 1.29 is 79.0 Å². The highest BCUT2D eigenvalue weighted by molar-refractivity contribution is 6.97. The molecule has 3 aromatic rings. The third-order valence-corrected chi connectivity index (χ3v) is 5.32. The molecule has 0 saturated carbocycles. The van der Waals surface area contributed by atoms with Gasteiger partial charge in [-0.1, -0.05) is 0 Å². The monoisotopic (exact) mass is 621 g/mol. The van der Waals surface area contributed by atoms with Crippen LogP contribution in [-0.4, -0.2) is 37.3 Å². The molecule has 0 fully saturated rings. The molecule has 0 unspecified atom stereocenters. The van der Waals surface area contributed by atoms with Crippen molar-refractivity contribution in [2.45, 2.75) is 37.1 Å². The number of rotatable bonds is 3. The maximum absolute atomic E-state index is 13.7. The summed E-state index contributed by atoms with van der Waals surface area (Å²) in [7, 11) is 0. The van der Waals surface area contributed by atoms with Gasteiger partial charge >= 0.3 is 37.1 Å². The fourth-order valence-electron chi connectivity index (χ4n) is 4.07. The summed E-state index contributed by atoms with van der Waals surface area (Å²) >= 11 is 0. The van der Waals surface area contributed by atoms with Crippen molar-refractivity contribution >= 4 is 23.1 Å². The maximum Gasteiger partial charge on any atom is 0.432 e. The number of alkyl halides is 18. The summed E-state index contributed by atoms with van der Waals surface area (Å²) < 4.78 is 246. The van der Waals surface area contributed by atoms with Crippen LogP contribution in [0.4, 0.5) is 79.0 Å². The molecule has 0 aliphatic carbocycles. The highest BCUT2D eigenvalue weighted by Crippen LogP contribution is 2.38. The van der Waals surface area contributed by atoms with Gasteiger partial charge in [-0.05, 0) is 0 Å². The van der Waals surface area contributed by atoms with Crippen LogP contribution in [-0.2, 0) is 37.1 Å². The second-order valence-corrected chi connectivity index (χ2v) is 7.79. The van der Waals surface area contributed by atoms with Crippen LogP contribution in [0.1, 0.15) is 34.2 Å². The van der Waals surface area contributed by atoms with E-state index in [0.29, 0.717) is 15.3 Å². The molecule has 0 bridgehead atoms. The summed E-state index contributed by atoms with van der Waals surface area (Å²) in [5.74, 6) is 0. The molecule has 0 aromatic carbocycles. The summed E-state index contributed by atoms with van der Waals surface area (Å²) in [6, 6.07) is 0. The zero-order valence-electron chi connectivity index (χ0n) is 17.9. The van der Waals surface area contributed by atoms with E-state index in [1.54, 1.807) is 0 Å². The third kappa shape index (κ3) is 5.53. The maximum atomic E-state index is 13.7. The summed E-state index contributed by atoms with van der Waals surface area (Å²) in [5.41, 5.74) is -26.8. The van der Waals surface area contributed by atoms with Gasteiger partial charge in [-0.3, -0.25) is 15.3 Å². The number of nitrogens with zero attached hydrogens (tertiary/aromatic N) is 3. The number of nitrogens with one attached hydrogen (secondary N) is 3. The zero-order chi connectivity index (χ0) is 31.0. The lowest BCUT2D eigenvalue weighted by Gasteiger charge is -2.31. The van der Waals surface area contributed by atoms with Gasteiger partial charge in [-0.25, -0.2) is 0 Å². The lowest BCUT2D eigenvalue weighted by molar-refractivity contribution is -0.142. The number of H-pyrrole nitrogens is 3. The molecule has 0 aliphatic heterocycles. The van der Waals surface area contributed by atoms with Crippen LogP contribution < -0.4 is 16.4 Å². The smallest absolute Gasteiger partial charge is 0.276 e. The van der Waals surface area contributed by atoms with Crippen LogP contribution in [0.5, 0.6) is 0 Å². The van der Waals surface area contributed by atoms with Crippen LogP contribution in [0.15, 0.2) is 0 Å². The van der Waals surface area contributed by atoms with Gasteiger partial charge < -0.3 is 0 Å². The molecular formula is C15H4BF18N6-. The lowest BCUT2D eigenvalue weighted by atomic mass is 9.34. The van der Waals surface area contributed by atoms with E-state index in [4.69, 9.17) is 0 Å². The lowest BCUT2D eigenvalue weighted by Crippen LogP contribution is -2.60. The highest BCUT2D eigenvalue weighted by atomic mass is 19.4. The van der Waals surface area contributed by atoms with Gasteiger partial charge in [-0.15, -0.1) is 16.4 Å². The molecule has 6 nitrogen and oxygen atoms in total. The third-order valence-electron chi connectivity index (χ3n) is 5.32. The fourth-order valence-corrected chi connectivity index (χ4v) is 4.07. The number of hydrogen-bond donors (Lipinski definition) is 3. The molecule has 3 rings (SSSR count). The van der Waals surface area contributed by atoms with Crippen molar-refractivity contribution in [3.63, 3.8) is 0 Å². The quantitative estimate of drug-likeness (QED) is 0.303. The van der Waals surface area contributed by atoms with Gasteiger partial charge in [0.1, 0.15) is 34.2 Å². The van der Waals surface area contributed by atoms with Crippen molar-refractivity contribution in [1.82, 2.24) is 30.6 Å². The molecule has 0 aliphatic rings. The standard InChI is InChI=1S/C15H4BF18N6/c17-10(18,19)4-1(5(36-35-4)11(20,21)22)16(2-6(12(23,24)25)37-38-7(2)13(26,27)28)3-8(14(29,30)31)39-40-9(3)15(32,33)34/h16H,(H,35,36)(H,37,38)(H,39,40)/q-1. The van der Waals surface area contributed by atoms with Crippen LogP contribution in [0, 0.1) is 0 Å². The topological polar surface area (TPSA) is 86.0 Å². The Balaban J connectivity index is 2.76. The first-order chi connectivity index (χ1) is 17.7. The average Bonchev–Trinajstić information content (AvgIpc) is 3.42. The number of aromatic amines is 3. The van der Waals surface area contributed by atoms with E-state index in [9.17, 15) is 79.0 Å². The van der Waals surface area contributed by atoms with E-state index < -0.39 is 94.3 Å². The molecule has 0 saturated heterocycles. The second-order valence-electron chi connectivity index (χ2n) is 7.79. The zero-order valence-corrected chi connectivity index (χ0v) is 17.9. The molecule has 3 aromatic heterocycles. The normalized spacial score (nSPS) is 14.5. The van der Waals surface area contributed by atoms with Crippen molar-refractivity contribution in [2.75, 3.05) is 0 Å². The van der Waals surface area contributed by atoms with Crippen LogP contribution in [0.2, 0.25) is 0 Å². The minimum Gasteiger partial charge on any atom is -0.276 e. The molecule has 224 valence electrons. The molecule has 0 amide bonds. The largest absolute Gasteiger partial charge is 0.432 e. The van der Waals surface area contributed by atoms with E-state index in [1.165, 1.54) is 0 Å². The second kappa shape index (κ2) is 8.97. The van der Waals surface area contributed by atoms with E-state index in [-0.39, 0.29) is 0 Å². The van der Waals surface area contributed by atoms with Crippen molar-refractivity contribution in [3.05, 3.63) is 34.2 Å². The van der Waals surface area contributed by atoms with E-state index in [0.717, 1.165) is 0 Å². The van der Waals surface area contributed by atoms with E-state index >= 15 is 0 Å². The molecule has 0 spiro atoms. The van der Waals surface area contributed by atoms with Gasteiger partial charge in [-0.2, -0.15) is 94.3 Å². The number of hydrogen-bond acceptors (Lipinski definition) is 3. The van der Waals surface area contributed by atoms with E-state index in [1.807, 2.05) is 0 Å². The molecule has 3 N–H and O–H groups in total. The average molecular weight is 621 g/mol. The van der Waals surface area contributed by atoms with Gasteiger partial charge in [0.25, 0.3) is 0 Å². The first-order valence-corrected chi connectivity index (χ1v) is 9.55. The molecule has 0 radical (unpaired) electrons. The molecule has 0 atom stereocenters. The molecule has 40 heavy (non-hydrogen) atoms. The Bertz CT molecular complexity index is 1110. The van der Waals surface area contributed by atoms with Crippen LogP contribution in [0.25, 0.3) is 0 Å². The van der Waals surface area contributed by atoms with Gasteiger partial charge in [0.15, 0.2) is 0 Å². The van der Waals surface area contributed by atoms with Crippen molar-refractivity contribution in [1.29, 1.82) is 0 Å². The minimum atomic E-state index is -6.28. The highest BCUT2D eigenvalue weighted by Gasteiger charge is 2.52. The van der Waals surface area contributed by atoms with Gasteiger partial charge in [0.2, 0.25) is 0 Å². The summed E-state index contributed by atoms with van der Waals surface area (Å²) in [6.45, 7) is -5.73. The van der Waals surface area contributed by atoms with Gasteiger partial charge in [0.05, 0.1) is 6.71 Å². The number of halogens is 18. The number of aromatic nitrogens is 6. The SMILES string of the molecule is FC(F)(F)c1n[nH]c(C(F)(F)F)c1[BH-](c1c(C(F)(F)F)n[nH]c1C(F)(F)F)c1c(C(F)(F)F)n[nH]c1C(F)(F)F. The van der Waals surface area contributed by atoms with E-state index in [2.05, 4.69) is 15.3 Å². The van der Waals surface area contributed by atoms with Crippen LogP contribution >= 0.6 is 0 Å². The van der Waals surface area contributed by atoms with Crippen molar-refractivity contribution in [2.24, 2.45) is 0 Å². The van der Waals surface area contributed by atoms with Crippen molar-refractivity contribution in [3.8, 4) is 0 Å². The Morgan fingerprint density at radius 1 is 0.350 bits per heavy atom. The Morgan fingerprint density at radius 2 is 0.550 bits per heavy atom. The Labute approximate surface area is 205 Å². The molecule has 25 heteroatoms.